The zero-order valence-electron chi connectivity index (χ0n) is 9.38. The summed E-state index contributed by atoms with van der Waals surface area (Å²) in [5.74, 6) is -1.65. The first-order chi connectivity index (χ1) is 8.99. The highest BCUT2D eigenvalue weighted by molar-refractivity contribution is 9.10. The van der Waals surface area contributed by atoms with Crippen molar-refractivity contribution in [2.75, 3.05) is 5.32 Å². The number of hydrogen-bond donors (Lipinski definition) is 1. The van der Waals surface area contributed by atoms with E-state index in [4.69, 9.17) is 0 Å². The van der Waals surface area contributed by atoms with Crippen LogP contribution in [0.5, 0.6) is 0 Å². The van der Waals surface area contributed by atoms with Crippen LogP contribution in [0.1, 0.15) is 12.4 Å². The highest BCUT2D eigenvalue weighted by Gasteiger charge is 2.14. The molecule has 0 saturated carbocycles. The second-order valence-electron chi connectivity index (χ2n) is 3.63. The highest BCUT2D eigenvalue weighted by Crippen LogP contribution is 2.24. The van der Waals surface area contributed by atoms with Crippen LogP contribution < -0.4 is 5.32 Å². The minimum Gasteiger partial charge on any atom is -0.373 e. The molecule has 0 aliphatic carbocycles. The Labute approximate surface area is 114 Å². The third-order valence-electron chi connectivity index (χ3n) is 2.39. The molecule has 0 aliphatic heterocycles. The van der Waals surface area contributed by atoms with Crippen LogP contribution in [-0.4, -0.2) is 9.55 Å². The summed E-state index contributed by atoms with van der Waals surface area (Å²) in [7, 11) is 0. The number of nitrogens with zero attached hydrogens (tertiary/aromatic N) is 2. The number of hydrogen-bond acceptors (Lipinski definition) is 2. The minimum atomic E-state index is -2.75. The van der Waals surface area contributed by atoms with Gasteiger partial charge in [-0.15, -0.1) is 0 Å². The van der Waals surface area contributed by atoms with Crippen molar-refractivity contribution in [3.63, 3.8) is 0 Å². The molecule has 1 N–H and O–H groups in total. The average Bonchev–Trinajstić information content (AvgIpc) is 2.75. The molecule has 1 aromatic carbocycles. The molecular formula is C11H8BrF4N3. The molecule has 0 fully saturated rings. The van der Waals surface area contributed by atoms with Gasteiger partial charge < -0.3 is 5.32 Å². The molecule has 102 valence electrons. The number of anilines is 1. The molecule has 0 atom stereocenters. The standard InChI is InChI=1S/C11H8BrF4N3/c12-6-3-7(13)10(8(14)4-6)18-5-9-17-1-2-19(9)11(15)16/h1-4,11,18H,5H2. The van der Waals surface area contributed by atoms with Gasteiger partial charge >= 0.3 is 6.55 Å². The Morgan fingerprint density at radius 3 is 2.47 bits per heavy atom. The molecule has 0 bridgehead atoms. The lowest BCUT2D eigenvalue weighted by atomic mass is 10.3. The van der Waals surface area contributed by atoms with Crippen LogP contribution in [-0.2, 0) is 6.54 Å². The second-order valence-corrected chi connectivity index (χ2v) is 4.54. The van der Waals surface area contributed by atoms with Crippen molar-refractivity contribution in [1.82, 2.24) is 9.55 Å². The van der Waals surface area contributed by atoms with Gasteiger partial charge in [-0.25, -0.2) is 13.8 Å². The van der Waals surface area contributed by atoms with Crippen LogP contribution in [0, 0.1) is 11.6 Å². The predicted molar refractivity (Wildman–Crippen MR) is 64.9 cm³/mol. The monoisotopic (exact) mass is 337 g/mol. The van der Waals surface area contributed by atoms with Crippen LogP contribution in [0.3, 0.4) is 0 Å². The van der Waals surface area contributed by atoms with E-state index in [0.29, 0.717) is 4.57 Å². The molecular weight excluding hydrogens is 330 g/mol. The maximum atomic E-state index is 13.5. The van der Waals surface area contributed by atoms with E-state index in [2.05, 4.69) is 26.2 Å². The van der Waals surface area contributed by atoms with E-state index in [-0.39, 0.29) is 22.5 Å². The van der Waals surface area contributed by atoms with E-state index >= 15 is 0 Å². The van der Waals surface area contributed by atoms with E-state index in [0.717, 1.165) is 18.3 Å². The fourth-order valence-electron chi connectivity index (χ4n) is 1.54. The first-order valence-electron chi connectivity index (χ1n) is 5.17. The van der Waals surface area contributed by atoms with E-state index in [1.807, 2.05) is 0 Å². The van der Waals surface area contributed by atoms with Gasteiger partial charge in [0.1, 0.15) is 23.1 Å². The summed E-state index contributed by atoms with van der Waals surface area (Å²) in [6.07, 6.45) is 2.29. The molecule has 0 aliphatic rings. The number of halogens is 5. The normalized spacial score (nSPS) is 11.1. The maximum Gasteiger partial charge on any atom is 0.319 e. The lowest BCUT2D eigenvalue weighted by Gasteiger charge is -2.10. The number of rotatable bonds is 4. The van der Waals surface area contributed by atoms with E-state index in [1.54, 1.807) is 0 Å². The summed E-state index contributed by atoms with van der Waals surface area (Å²) < 4.78 is 52.9. The van der Waals surface area contributed by atoms with Crippen molar-refractivity contribution in [2.45, 2.75) is 13.1 Å². The number of aromatic nitrogens is 2. The van der Waals surface area contributed by atoms with Crippen molar-refractivity contribution in [3.8, 4) is 0 Å². The lowest BCUT2D eigenvalue weighted by molar-refractivity contribution is 0.0673. The summed E-state index contributed by atoms with van der Waals surface area (Å²) in [6, 6.07) is 2.15. The lowest BCUT2D eigenvalue weighted by Crippen LogP contribution is -2.10. The van der Waals surface area contributed by atoms with Gasteiger partial charge in [0.05, 0.1) is 6.54 Å². The summed E-state index contributed by atoms with van der Waals surface area (Å²) in [6.45, 7) is -2.97. The predicted octanol–water partition coefficient (Wildman–Crippen LogP) is 3.93. The molecule has 19 heavy (non-hydrogen) atoms. The number of benzene rings is 1. The molecule has 1 aromatic heterocycles. The van der Waals surface area contributed by atoms with E-state index in [1.165, 1.54) is 6.20 Å². The number of imidazole rings is 1. The zero-order valence-corrected chi connectivity index (χ0v) is 11.0. The van der Waals surface area contributed by atoms with Crippen LogP contribution in [0.25, 0.3) is 0 Å². The van der Waals surface area contributed by atoms with Crippen LogP contribution >= 0.6 is 15.9 Å². The fraction of sp³-hybridized carbons (Fsp3) is 0.182. The van der Waals surface area contributed by atoms with Gasteiger partial charge in [0.25, 0.3) is 0 Å². The third kappa shape index (κ3) is 3.06. The van der Waals surface area contributed by atoms with Crippen molar-refractivity contribution < 1.29 is 17.6 Å². The molecule has 3 nitrogen and oxygen atoms in total. The van der Waals surface area contributed by atoms with Crippen molar-refractivity contribution >= 4 is 21.6 Å². The number of nitrogens with one attached hydrogen (secondary N) is 1. The van der Waals surface area contributed by atoms with Crippen molar-refractivity contribution in [1.29, 1.82) is 0 Å². The Morgan fingerprint density at radius 2 is 1.89 bits per heavy atom. The molecule has 0 unspecified atom stereocenters. The van der Waals surface area contributed by atoms with Gasteiger partial charge in [-0.1, -0.05) is 15.9 Å². The van der Waals surface area contributed by atoms with E-state index < -0.39 is 18.2 Å². The summed E-state index contributed by atoms with van der Waals surface area (Å²) in [4.78, 5) is 3.70. The molecule has 0 spiro atoms. The summed E-state index contributed by atoms with van der Waals surface area (Å²) in [5.41, 5.74) is -0.382. The Kier molecular flexibility index (Phi) is 4.08. The molecule has 8 heteroatoms. The highest BCUT2D eigenvalue weighted by atomic mass is 79.9. The zero-order chi connectivity index (χ0) is 14.0. The molecule has 1 heterocycles. The maximum absolute atomic E-state index is 13.5. The second kappa shape index (κ2) is 5.60. The Hall–Kier alpha value is -1.57. The van der Waals surface area contributed by atoms with Crippen LogP contribution in [0.15, 0.2) is 29.0 Å². The molecule has 2 aromatic rings. The number of alkyl halides is 2. The quantitative estimate of drug-likeness (QED) is 0.856. The SMILES string of the molecule is Fc1cc(Br)cc(F)c1NCc1nccn1C(F)F. The molecule has 0 saturated heterocycles. The van der Waals surface area contributed by atoms with Gasteiger partial charge in [-0.05, 0) is 12.1 Å². The average molecular weight is 338 g/mol. The van der Waals surface area contributed by atoms with Gasteiger partial charge in [0.2, 0.25) is 0 Å². The molecule has 2 rings (SSSR count). The van der Waals surface area contributed by atoms with E-state index in [9.17, 15) is 17.6 Å². The van der Waals surface area contributed by atoms with Gasteiger partial charge in [0, 0.05) is 16.9 Å². The first-order valence-corrected chi connectivity index (χ1v) is 5.96. The van der Waals surface area contributed by atoms with Crippen molar-refractivity contribution in [3.05, 3.63) is 46.5 Å². The Bertz CT molecular complexity index is 562. The smallest absolute Gasteiger partial charge is 0.319 e. The van der Waals surface area contributed by atoms with Gasteiger partial charge in [0.15, 0.2) is 0 Å². The van der Waals surface area contributed by atoms with Crippen LogP contribution in [0.4, 0.5) is 23.2 Å². The van der Waals surface area contributed by atoms with Crippen LogP contribution in [0.2, 0.25) is 0 Å². The Balaban J connectivity index is 2.17. The molecule has 0 amide bonds. The largest absolute Gasteiger partial charge is 0.373 e. The summed E-state index contributed by atoms with van der Waals surface area (Å²) >= 11 is 2.94. The topological polar surface area (TPSA) is 29.9 Å². The third-order valence-corrected chi connectivity index (χ3v) is 2.85. The fourth-order valence-corrected chi connectivity index (χ4v) is 1.94. The first kappa shape index (κ1) is 13.9. The van der Waals surface area contributed by atoms with Gasteiger partial charge in [-0.3, -0.25) is 4.57 Å². The Morgan fingerprint density at radius 1 is 1.26 bits per heavy atom. The minimum absolute atomic E-state index is 0.0169. The summed E-state index contributed by atoms with van der Waals surface area (Å²) in [5, 5.41) is 2.42. The van der Waals surface area contributed by atoms with Gasteiger partial charge in [-0.2, -0.15) is 8.78 Å². The van der Waals surface area contributed by atoms with Crippen molar-refractivity contribution in [2.24, 2.45) is 0 Å². The molecule has 0 radical (unpaired) electrons.